The Bertz CT molecular complexity index is 749. The monoisotopic (exact) mass is 416 g/mol. The van der Waals surface area contributed by atoms with E-state index in [1.165, 1.54) is 24.7 Å². The number of hydrogen-bond acceptors (Lipinski definition) is 3. The number of furan rings is 1. The number of hydrogen-bond donors (Lipinski definition) is 1. The van der Waals surface area contributed by atoms with Crippen molar-refractivity contribution in [2.24, 2.45) is 22.7 Å². The number of quaternary nitrogens is 1. The summed E-state index contributed by atoms with van der Waals surface area (Å²) >= 11 is 0. The van der Waals surface area contributed by atoms with Gasteiger partial charge in [-0.15, -0.1) is 0 Å². The molecule has 0 aliphatic heterocycles. The standard InChI is InChI=1S/C26H41NO3/c1-7-27(8-2)18-22-20(14-17-30-22)11-12-21-19(3)10-13-23-25(21,4)15-9-16-26(23,5)24(28)29-6/h14,17,21,23H,3,7-13,15-16,18H2,1-2,4-6H3/p+1/t21-,23+,25+,26-/m0/s1. The molecule has 2 saturated carbocycles. The van der Waals surface area contributed by atoms with Crippen LogP contribution in [0.5, 0.6) is 0 Å². The molecule has 2 aliphatic carbocycles. The predicted octanol–water partition coefficient (Wildman–Crippen LogP) is 4.59. The number of rotatable bonds is 8. The topological polar surface area (TPSA) is 43.9 Å². The fourth-order valence-electron chi connectivity index (χ4n) is 6.73. The van der Waals surface area contributed by atoms with E-state index >= 15 is 0 Å². The Morgan fingerprint density at radius 1 is 1.30 bits per heavy atom. The molecule has 168 valence electrons. The zero-order valence-electron chi connectivity index (χ0n) is 19.8. The molecule has 0 radical (unpaired) electrons. The largest absolute Gasteiger partial charge is 0.469 e. The Morgan fingerprint density at radius 2 is 2.03 bits per heavy atom. The van der Waals surface area contributed by atoms with Gasteiger partial charge in [0.1, 0.15) is 6.54 Å². The summed E-state index contributed by atoms with van der Waals surface area (Å²) in [7, 11) is 1.54. The Labute approximate surface area is 183 Å². The minimum absolute atomic E-state index is 0.0241. The Kier molecular flexibility index (Phi) is 7.16. The van der Waals surface area contributed by atoms with Crippen molar-refractivity contribution >= 4 is 5.97 Å². The highest BCUT2D eigenvalue weighted by atomic mass is 16.5. The van der Waals surface area contributed by atoms with Gasteiger partial charge in [0.25, 0.3) is 0 Å². The third-order valence-electron chi connectivity index (χ3n) is 8.62. The molecule has 4 atom stereocenters. The Morgan fingerprint density at radius 3 is 2.70 bits per heavy atom. The van der Waals surface area contributed by atoms with Gasteiger partial charge in [0.15, 0.2) is 5.76 Å². The van der Waals surface area contributed by atoms with Crippen LogP contribution in [0, 0.1) is 22.7 Å². The molecule has 30 heavy (non-hydrogen) atoms. The van der Waals surface area contributed by atoms with Crippen molar-refractivity contribution in [2.45, 2.75) is 79.2 Å². The van der Waals surface area contributed by atoms with Crippen LogP contribution in [-0.4, -0.2) is 26.2 Å². The maximum atomic E-state index is 12.8. The molecule has 1 aromatic heterocycles. The lowest BCUT2D eigenvalue weighted by atomic mass is 9.46. The summed E-state index contributed by atoms with van der Waals surface area (Å²) in [6.07, 6.45) is 9.25. The van der Waals surface area contributed by atoms with Gasteiger partial charge in [-0.3, -0.25) is 4.79 Å². The lowest BCUT2D eigenvalue weighted by molar-refractivity contribution is -0.911. The van der Waals surface area contributed by atoms with Crippen LogP contribution < -0.4 is 4.90 Å². The van der Waals surface area contributed by atoms with E-state index in [-0.39, 0.29) is 16.8 Å². The van der Waals surface area contributed by atoms with Crippen molar-refractivity contribution in [1.29, 1.82) is 0 Å². The predicted molar refractivity (Wildman–Crippen MR) is 120 cm³/mol. The number of aryl methyl sites for hydroxylation is 1. The molecule has 0 saturated heterocycles. The first-order valence-corrected chi connectivity index (χ1v) is 11.9. The van der Waals surface area contributed by atoms with Crippen molar-refractivity contribution in [3.63, 3.8) is 0 Å². The second kappa shape index (κ2) is 9.30. The molecule has 0 aromatic carbocycles. The molecule has 0 amide bonds. The van der Waals surface area contributed by atoms with Gasteiger partial charge in [0, 0.05) is 0 Å². The van der Waals surface area contributed by atoms with Crippen LogP contribution in [0.4, 0.5) is 0 Å². The third-order valence-corrected chi connectivity index (χ3v) is 8.62. The van der Waals surface area contributed by atoms with Crippen LogP contribution in [0.2, 0.25) is 0 Å². The van der Waals surface area contributed by atoms with Gasteiger partial charge in [-0.05, 0) is 88.2 Å². The molecule has 1 heterocycles. The Balaban J connectivity index is 1.78. The molecule has 2 aliphatic rings. The van der Waals surface area contributed by atoms with E-state index in [9.17, 15) is 4.79 Å². The van der Waals surface area contributed by atoms with E-state index in [2.05, 4.69) is 40.3 Å². The van der Waals surface area contributed by atoms with Gasteiger partial charge >= 0.3 is 5.97 Å². The van der Waals surface area contributed by atoms with Gasteiger partial charge in [0.2, 0.25) is 0 Å². The highest BCUT2D eigenvalue weighted by molar-refractivity contribution is 5.77. The summed E-state index contributed by atoms with van der Waals surface area (Å²) in [4.78, 5) is 14.3. The molecule has 4 nitrogen and oxygen atoms in total. The number of methoxy groups -OCH3 is 1. The molecule has 2 fully saturated rings. The normalized spacial score (nSPS) is 31.6. The average molecular weight is 417 g/mol. The molecule has 0 spiro atoms. The van der Waals surface area contributed by atoms with Gasteiger partial charge in [-0.25, -0.2) is 0 Å². The summed E-state index contributed by atoms with van der Waals surface area (Å²) in [6, 6.07) is 2.16. The van der Waals surface area contributed by atoms with Crippen LogP contribution in [-0.2, 0) is 22.5 Å². The van der Waals surface area contributed by atoms with Crippen LogP contribution in [0.25, 0.3) is 0 Å². The van der Waals surface area contributed by atoms with E-state index in [4.69, 9.17) is 9.15 Å². The van der Waals surface area contributed by atoms with Gasteiger partial charge in [-0.2, -0.15) is 0 Å². The summed E-state index contributed by atoms with van der Waals surface area (Å²) in [5.41, 5.74) is 2.47. The SMILES string of the molecule is C=C1CC[C@@H]2[C@](C)(CCC[C@]2(C)C(=O)OC)[C@H]1CCc1ccoc1C[NH+](CC)CC. The van der Waals surface area contributed by atoms with E-state index in [1.54, 1.807) is 4.90 Å². The number of ether oxygens (including phenoxy) is 1. The minimum Gasteiger partial charge on any atom is -0.469 e. The molecular weight excluding hydrogens is 374 g/mol. The summed E-state index contributed by atoms with van der Waals surface area (Å²) in [6.45, 7) is 16.7. The van der Waals surface area contributed by atoms with Crippen molar-refractivity contribution < 1.29 is 18.8 Å². The van der Waals surface area contributed by atoms with Gasteiger partial charge < -0.3 is 14.1 Å². The fourth-order valence-corrected chi connectivity index (χ4v) is 6.73. The van der Waals surface area contributed by atoms with Crippen molar-refractivity contribution in [2.75, 3.05) is 20.2 Å². The van der Waals surface area contributed by atoms with E-state index < -0.39 is 0 Å². The van der Waals surface area contributed by atoms with Crippen LogP contribution in [0.15, 0.2) is 28.9 Å². The van der Waals surface area contributed by atoms with Crippen molar-refractivity contribution in [3.8, 4) is 0 Å². The fraction of sp³-hybridized carbons (Fsp3) is 0.731. The highest BCUT2D eigenvalue weighted by Gasteiger charge is 2.57. The molecule has 1 aromatic rings. The number of fused-ring (bicyclic) bond motifs is 1. The maximum Gasteiger partial charge on any atom is 0.311 e. The van der Waals surface area contributed by atoms with E-state index in [1.807, 2.05) is 6.26 Å². The van der Waals surface area contributed by atoms with Crippen LogP contribution in [0.1, 0.15) is 77.5 Å². The van der Waals surface area contributed by atoms with Crippen LogP contribution >= 0.6 is 0 Å². The lowest BCUT2D eigenvalue weighted by Gasteiger charge is -2.57. The number of carbonyl (C=O) groups excluding carboxylic acids is 1. The zero-order chi connectivity index (χ0) is 21.9. The van der Waals surface area contributed by atoms with Crippen LogP contribution in [0.3, 0.4) is 0 Å². The zero-order valence-corrected chi connectivity index (χ0v) is 19.8. The summed E-state index contributed by atoms with van der Waals surface area (Å²) in [5.74, 6) is 1.93. The quantitative estimate of drug-likeness (QED) is 0.498. The van der Waals surface area contributed by atoms with Crippen molar-refractivity contribution in [3.05, 3.63) is 35.8 Å². The molecule has 0 unspecified atom stereocenters. The summed E-state index contributed by atoms with van der Waals surface area (Å²) < 4.78 is 11.1. The molecule has 4 heteroatoms. The molecular formula is C26H42NO3+. The van der Waals surface area contributed by atoms with Gasteiger partial charge in [0.05, 0.1) is 31.9 Å². The first-order valence-electron chi connectivity index (χ1n) is 11.9. The molecule has 3 rings (SSSR count). The smallest absolute Gasteiger partial charge is 0.311 e. The number of esters is 1. The molecule has 0 bridgehead atoms. The Hall–Kier alpha value is -1.55. The highest BCUT2D eigenvalue weighted by Crippen LogP contribution is 2.62. The first kappa shape index (κ1) is 23.1. The maximum absolute atomic E-state index is 12.8. The summed E-state index contributed by atoms with van der Waals surface area (Å²) in [5, 5.41) is 0. The van der Waals surface area contributed by atoms with Crippen molar-refractivity contribution in [1.82, 2.24) is 0 Å². The minimum atomic E-state index is -0.367. The first-order chi connectivity index (χ1) is 14.3. The number of carbonyl (C=O) groups is 1. The van der Waals surface area contributed by atoms with E-state index in [0.717, 1.165) is 63.9 Å². The molecule has 1 N–H and O–H groups in total. The number of nitrogens with one attached hydrogen (secondary N) is 1. The third kappa shape index (κ3) is 4.12. The van der Waals surface area contributed by atoms with E-state index in [0.29, 0.717) is 11.8 Å². The average Bonchev–Trinajstić information content (AvgIpc) is 3.17. The lowest BCUT2D eigenvalue weighted by Crippen LogP contribution is -3.10. The van der Waals surface area contributed by atoms with Gasteiger partial charge in [-0.1, -0.05) is 25.5 Å². The second-order valence-electron chi connectivity index (χ2n) is 10.1. The number of allylic oxidation sites excluding steroid dienone is 1. The second-order valence-corrected chi connectivity index (χ2v) is 10.1.